The molecule has 0 aliphatic carbocycles. The summed E-state index contributed by atoms with van der Waals surface area (Å²) in [6, 6.07) is 3.85. The number of aryl methyl sites for hydroxylation is 1. The van der Waals surface area contributed by atoms with Crippen molar-refractivity contribution in [2.45, 2.75) is 32.8 Å². The van der Waals surface area contributed by atoms with Crippen LogP contribution in [0.25, 0.3) is 0 Å². The molecule has 1 aromatic heterocycles. The molecule has 1 aromatic rings. The lowest BCUT2D eigenvalue weighted by Crippen LogP contribution is -2.26. The highest BCUT2D eigenvalue weighted by Crippen LogP contribution is 2.21. The fraction of sp³-hybridized carbons (Fsp3) is 0.545. The molecule has 0 fully saturated rings. The number of carbonyl (C=O) groups excluding carboxylic acids is 1. The highest BCUT2D eigenvalue weighted by molar-refractivity contribution is 7.14. The molecule has 3 heteroatoms. The maximum atomic E-state index is 11.8. The van der Waals surface area contributed by atoms with Gasteiger partial charge in [0.25, 0.3) is 0 Å². The average molecular weight is 212 g/mol. The zero-order valence-electron chi connectivity index (χ0n) is 9.09. The first-order valence-electron chi connectivity index (χ1n) is 4.59. The third kappa shape index (κ3) is 2.93. The molecule has 0 radical (unpaired) electrons. The first kappa shape index (κ1) is 11.4. The van der Waals surface area contributed by atoms with Crippen LogP contribution in [0.5, 0.6) is 0 Å². The van der Waals surface area contributed by atoms with Gasteiger partial charge in [0.15, 0.2) is 5.78 Å². The van der Waals surface area contributed by atoms with E-state index >= 15 is 0 Å². The first-order chi connectivity index (χ1) is 6.44. The molecule has 2 nitrogen and oxygen atoms in total. The van der Waals surface area contributed by atoms with Gasteiger partial charge in [-0.2, -0.15) is 0 Å². The van der Waals surface area contributed by atoms with Crippen LogP contribution in [-0.2, 0) is 4.74 Å². The lowest BCUT2D eigenvalue weighted by Gasteiger charge is -2.21. The number of hydrogen-bond donors (Lipinski definition) is 0. The molecule has 0 aliphatic rings. The van der Waals surface area contributed by atoms with Gasteiger partial charge in [-0.1, -0.05) is 0 Å². The fourth-order valence-electron chi connectivity index (χ4n) is 1.13. The fourth-order valence-corrected chi connectivity index (χ4v) is 1.94. The predicted octanol–water partition coefficient (Wildman–Crippen LogP) is 3.05. The van der Waals surface area contributed by atoms with Crippen LogP contribution in [-0.4, -0.2) is 18.5 Å². The van der Waals surface area contributed by atoms with Gasteiger partial charge < -0.3 is 4.74 Å². The van der Waals surface area contributed by atoms with Gasteiger partial charge in [-0.05, 0) is 32.9 Å². The second-order valence-electron chi connectivity index (χ2n) is 3.97. The molecular formula is C11H16O2S. The lowest BCUT2D eigenvalue weighted by molar-refractivity contribution is 0.0173. The Labute approximate surface area is 88.9 Å². The minimum absolute atomic E-state index is 0.162. The van der Waals surface area contributed by atoms with Crippen molar-refractivity contribution in [3.8, 4) is 0 Å². The Bertz CT molecular complexity index is 326. The van der Waals surface area contributed by atoms with E-state index in [4.69, 9.17) is 4.74 Å². The minimum Gasteiger partial charge on any atom is -0.378 e. The number of carbonyl (C=O) groups is 1. The molecule has 0 saturated heterocycles. The van der Waals surface area contributed by atoms with Crippen molar-refractivity contribution >= 4 is 17.1 Å². The molecule has 0 amide bonds. The molecule has 0 bridgehead atoms. The molecule has 1 rings (SSSR count). The van der Waals surface area contributed by atoms with Crippen LogP contribution in [0.2, 0.25) is 0 Å². The maximum Gasteiger partial charge on any atom is 0.175 e. The Morgan fingerprint density at radius 2 is 2.14 bits per heavy atom. The first-order valence-corrected chi connectivity index (χ1v) is 5.41. The summed E-state index contributed by atoms with van der Waals surface area (Å²) < 4.78 is 5.22. The largest absolute Gasteiger partial charge is 0.378 e. The van der Waals surface area contributed by atoms with Gasteiger partial charge in [-0.25, -0.2) is 0 Å². The second kappa shape index (κ2) is 4.24. The Balaban J connectivity index is 2.68. The van der Waals surface area contributed by atoms with Crippen molar-refractivity contribution < 1.29 is 9.53 Å². The van der Waals surface area contributed by atoms with Gasteiger partial charge in [0.2, 0.25) is 0 Å². The Morgan fingerprint density at radius 3 is 2.57 bits per heavy atom. The third-order valence-electron chi connectivity index (χ3n) is 2.15. The van der Waals surface area contributed by atoms with Crippen LogP contribution in [0.4, 0.5) is 0 Å². The highest BCUT2D eigenvalue weighted by Gasteiger charge is 2.22. The zero-order valence-corrected chi connectivity index (χ0v) is 9.90. The zero-order chi connectivity index (χ0) is 10.8. The van der Waals surface area contributed by atoms with Gasteiger partial charge in [-0.3, -0.25) is 4.79 Å². The summed E-state index contributed by atoms with van der Waals surface area (Å²) in [5, 5.41) is 0. The molecule has 0 atom stereocenters. The van der Waals surface area contributed by atoms with Gasteiger partial charge in [0.1, 0.15) is 0 Å². The van der Waals surface area contributed by atoms with E-state index in [0.717, 1.165) is 4.88 Å². The number of thiophene rings is 1. The summed E-state index contributed by atoms with van der Waals surface area (Å²) in [5.74, 6) is 0.162. The van der Waals surface area contributed by atoms with Crippen LogP contribution in [0.3, 0.4) is 0 Å². The predicted molar refractivity (Wildman–Crippen MR) is 59.1 cm³/mol. The van der Waals surface area contributed by atoms with E-state index in [1.54, 1.807) is 18.4 Å². The molecule has 0 aliphatic heterocycles. The summed E-state index contributed by atoms with van der Waals surface area (Å²) in [6.45, 7) is 5.85. The van der Waals surface area contributed by atoms with E-state index in [-0.39, 0.29) is 11.4 Å². The summed E-state index contributed by atoms with van der Waals surface area (Å²) in [6.07, 6.45) is 0.434. The Hall–Kier alpha value is -0.670. The van der Waals surface area contributed by atoms with Gasteiger partial charge in [0.05, 0.1) is 10.5 Å². The SMILES string of the molecule is COC(C)(C)CC(=O)c1ccc(C)s1. The molecule has 14 heavy (non-hydrogen) atoms. The van der Waals surface area contributed by atoms with E-state index < -0.39 is 0 Å². The van der Waals surface area contributed by atoms with E-state index in [0.29, 0.717) is 6.42 Å². The number of Topliss-reactive ketones (excluding diaryl/α,β-unsaturated/α-hetero) is 1. The smallest absolute Gasteiger partial charge is 0.175 e. The number of rotatable bonds is 4. The molecule has 0 saturated carbocycles. The summed E-state index contributed by atoms with van der Waals surface area (Å²) in [4.78, 5) is 13.8. The second-order valence-corrected chi connectivity index (χ2v) is 5.26. The summed E-state index contributed by atoms with van der Waals surface area (Å²) in [7, 11) is 1.63. The van der Waals surface area contributed by atoms with Crippen molar-refractivity contribution in [3.05, 3.63) is 21.9 Å². The monoisotopic (exact) mass is 212 g/mol. The van der Waals surface area contributed by atoms with Gasteiger partial charge >= 0.3 is 0 Å². The normalized spacial score (nSPS) is 11.7. The standard InChI is InChI=1S/C11H16O2S/c1-8-5-6-10(14-8)9(12)7-11(2,3)13-4/h5-6H,7H2,1-4H3. The van der Waals surface area contributed by atoms with Crippen LogP contribution in [0, 0.1) is 6.92 Å². The van der Waals surface area contributed by atoms with Crippen LogP contribution in [0.1, 0.15) is 34.8 Å². The Kier molecular flexibility index (Phi) is 3.45. The average Bonchev–Trinajstić information content (AvgIpc) is 2.51. The van der Waals surface area contributed by atoms with E-state index in [2.05, 4.69) is 0 Å². The van der Waals surface area contributed by atoms with Gasteiger partial charge in [-0.15, -0.1) is 11.3 Å². The van der Waals surface area contributed by atoms with Crippen molar-refractivity contribution in [2.24, 2.45) is 0 Å². The number of methoxy groups -OCH3 is 1. The van der Waals surface area contributed by atoms with Crippen molar-refractivity contribution in [1.82, 2.24) is 0 Å². The van der Waals surface area contributed by atoms with Crippen molar-refractivity contribution in [3.63, 3.8) is 0 Å². The minimum atomic E-state index is -0.366. The highest BCUT2D eigenvalue weighted by atomic mass is 32.1. The van der Waals surface area contributed by atoms with Crippen molar-refractivity contribution in [1.29, 1.82) is 0 Å². The van der Waals surface area contributed by atoms with E-state index in [9.17, 15) is 4.79 Å². The summed E-state index contributed by atoms with van der Waals surface area (Å²) in [5.41, 5.74) is -0.366. The summed E-state index contributed by atoms with van der Waals surface area (Å²) >= 11 is 1.54. The number of ketones is 1. The van der Waals surface area contributed by atoms with E-state index in [1.165, 1.54) is 4.88 Å². The topological polar surface area (TPSA) is 26.3 Å². The molecule has 0 aromatic carbocycles. The molecular weight excluding hydrogens is 196 g/mol. The van der Waals surface area contributed by atoms with E-state index in [1.807, 2.05) is 32.9 Å². The van der Waals surface area contributed by atoms with Crippen molar-refractivity contribution in [2.75, 3.05) is 7.11 Å². The van der Waals surface area contributed by atoms with Crippen LogP contribution >= 0.6 is 11.3 Å². The molecule has 78 valence electrons. The molecule has 0 spiro atoms. The molecule has 0 N–H and O–H groups in total. The third-order valence-corrected chi connectivity index (χ3v) is 3.20. The Morgan fingerprint density at radius 1 is 1.50 bits per heavy atom. The quantitative estimate of drug-likeness (QED) is 0.717. The van der Waals surface area contributed by atoms with Gasteiger partial charge in [0, 0.05) is 18.4 Å². The lowest BCUT2D eigenvalue weighted by atomic mass is 10.0. The molecule has 0 unspecified atom stereocenters. The van der Waals surface area contributed by atoms with Crippen LogP contribution < -0.4 is 0 Å². The number of hydrogen-bond acceptors (Lipinski definition) is 3. The number of ether oxygens (including phenoxy) is 1. The van der Waals surface area contributed by atoms with Crippen LogP contribution in [0.15, 0.2) is 12.1 Å². The maximum absolute atomic E-state index is 11.8. The molecule has 1 heterocycles.